The van der Waals surface area contributed by atoms with E-state index in [1.165, 1.54) is 12.3 Å². The summed E-state index contributed by atoms with van der Waals surface area (Å²) < 4.78 is 0. The van der Waals surface area contributed by atoms with E-state index >= 15 is 0 Å². The van der Waals surface area contributed by atoms with E-state index in [1.807, 2.05) is 63.2 Å². The van der Waals surface area contributed by atoms with Gasteiger partial charge in [-0.05, 0) is 67.8 Å². The first-order valence-electron chi connectivity index (χ1n) is 8.65. The summed E-state index contributed by atoms with van der Waals surface area (Å²) in [6.45, 7) is 5.90. The fraction of sp³-hybridized carbons (Fsp3) is 0.136. The minimum Gasteiger partial charge on any atom is -0.322 e. The molecule has 2 aromatic carbocycles. The lowest BCUT2D eigenvalue weighted by Crippen LogP contribution is -2.17. The van der Waals surface area contributed by atoms with Crippen molar-refractivity contribution in [3.05, 3.63) is 88.7 Å². The van der Waals surface area contributed by atoms with Gasteiger partial charge in [-0.25, -0.2) is 0 Å². The van der Waals surface area contributed by atoms with Crippen LogP contribution in [0, 0.1) is 20.8 Å². The second-order valence-corrected chi connectivity index (χ2v) is 6.45. The van der Waals surface area contributed by atoms with E-state index in [2.05, 4.69) is 15.6 Å². The van der Waals surface area contributed by atoms with Crippen LogP contribution < -0.4 is 10.6 Å². The van der Waals surface area contributed by atoms with E-state index in [9.17, 15) is 9.59 Å². The van der Waals surface area contributed by atoms with Crippen molar-refractivity contribution in [2.24, 2.45) is 0 Å². The molecule has 2 amide bonds. The summed E-state index contributed by atoms with van der Waals surface area (Å²) in [5.74, 6) is -0.641. The highest BCUT2D eigenvalue weighted by atomic mass is 16.2. The van der Waals surface area contributed by atoms with E-state index in [4.69, 9.17) is 0 Å². The molecule has 0 bridgehead atoms. The summed E-state index contributed by atoms with van der Waals surface area (Å²) in [7, 11) is 0. The highest BCUT2D eigenvalue weighted by molar-refractivity contribution is 6.08. The molecular formula is C22H21N3O2. The minimum atomic E-state index is -0.359. The second kappa shape index (κ2) is 7.83. The van der Waals surface area contributed by atoms with Crippen LogP contribution in [0.4, 0.5) is 11.4 Å². The lowest BCUT2D eigenvalue weighted by Gasteiger charge is -2.11. The zero-order valence-corrected chi connectivity index (χ0v) is 15.5. The smallest absolute Gasteiger partial charge is 0.274 e. The first-order chi connectivity index (χ1) is 12.9. The topological polar surface area (TPSA) is 71.1 Å². The Bertz CT molecular complexity index is 1010. The Balaban J connectivity index is 1.77. The Morgan fingerprint density at radius 1 is 0.852 bits per heavy atom. The zero-order valence-electron chi connectivity index (χ0n) is 15.5. The number of hydrogen-bond acceptors (Lipinski definition) is 3. The van der Waals surface area contributed by atoms with Crippen LogP contribution in [0.3, 0.4) is 0 Å². The molecule has 5 heteroatoms. The number of hydrogen-bond donors (Lipinski definition) is 2. The first kappa shape index (κ1) is 18.3. The number of pyridine rings is 1. The standard InChI is InChI=1S/C22H21N3O2/c1-14-6-4-8-18(12-14)24-22(27)20-13-17(10-11-23-20)21(26)25-19-9-5-7-15(2)16(19)3/h4-13H,1-3H3,(H,24,27)(H,25,26). The average molecular weight is 359 g/mol. The highest BCUT2D eigenvalue weighted by Crippen LogP contribution is 2.19. The number of carbonyl (C=O) groups excluding carboxylic acids is 2. The summed E-state index contributed by atoms with van der Waals surface area (Å²) >= 11 is 0. The molecule has 0 saturated carbocycles. The van der Waals surface area contributed by atoms with Crippen molar-refractivity contribution >= 4 is 23.2 Å². The molecule has 0 saturated heterocycles. The third kappa shape index (κ3) is 4.39. The average Bonchev–Trinajstić information content (AvgIpc) is 2.65. The van der Waals surface area contributed by atoms with E-state index < -0.39 is 0 Å². The molecular weight excluding hydrogens is 338 g/mol. The van der Waals surface area contributed by atoms with E-state index in [0.717, 1.165) is 22.4 Å². The van der Waals surface area contributed by atoms with Gasteiger partial charge in [0.15, 0.2) is 0 Å². The lowest BCUT2D eigenvalue weighted by molar-refractivity contribution is 0.102. The summed E-state index contributed by atoms with van der Waals surface area (Å²) in [5.41, 5.74) is 5.15. The molecule has 1 heterocycles. The number of amides is 2. The van der Waals surface area contributed by atoms with Crippen LogP contribution in [0.1, 0.15) is 37.5 Å². The van der Waals surface area contributed by atoms with E-state index in [0.29, 0.717) is 11.3 Å². The lowest BCUT2D eigenvalue weighted by atomic mass is 10.1. The van der Waals surface area contributed by atoms with Crippen molar-refractivity contribution in [2.75, 3.05) is 10.6 Å². The summed E-state index contributed by atoms with van der Waals surface area (Å²) in [5, 5.41) is 5.69. The molecule has 0 fully saturated rings. The molecule has 0 spiro atoms. The predicted molar refractivity (Wildman–Crippen MR) is 107 cm³/mol. The number of benzene rings is 2. The first-order valence-corrected chi connectivity index (χ1v) is 8.65. The Morgan fingerprint density at radius 3 is 2.41 bits per heavy atom. The zero-order chi connectivity index (χ0) is 19.4. The summed E-state index contributed by atoms with van der Waals surface area (Å²) in [6.07, 6.45) is 1.46. The molecule has 0 aliphatic rings. The van der Waals surface area contributed by atoms with E-state index in [-0.39, 0.29) is 17.5 Å². The quantitative estimate of drug-likeness (QED) is 0.720. The Kier molecular flexibility index (Phi) is 5.31. The minimum absolute atomic E-state index is 0.185. The van der Waals surface area contributed by atoms with Gasteiger partial charge in [-0.2, -0.15) is 0 Å². The Morgan fingerprint density at radius 2 is 1.63 bits per heavy atom. The van der Waals surface area contributed by atoms with Crippen molar-refractivity contribution in [1.82, 2.24) is 4.98 Å². The van der Waals surface area contributed by atoms with Crippen molar-refractivity contribution in [2.45, 2.75) is 20.8 Å². The summed E-state index contributed by atoms with van der Waals surface area (Å²) in [4.78, 5) is 29.1. The van der Waals surface area contributed by atoms with Gasteiger partial charge in [0.25, 0.3) is 11.8 Å². The maximum atomic E-state index is 12.6. The van der Waals surface area contributed by atoms with Gasteiger partial charge in [-0.15, -0.1) is 0 Å². The molecule has 0 atom stereocenters. The van der Waals surface area contributed by atoms with Gasteiger partial charge >= 0.3 is 0 Å². The maximum absolute atomic E-state index is 12.6. The number of aromatic nitrogens is 1. The highest BCUT2D eigenvalue weighted by Gasteiger charge is 2.13. The SMILES string of the molecule is Cc1cccc(NC(=O)c2cc(C(=O)Nc3cccc(C)c3C)ccn2)c1. The Hall–Kier alpha value is -3.47. The van der Waals surface area contributed by atoms with Gasteiger partial charge in [0.1, 0.15) is 5.69 Å². The third-order valence-corrected chi connectivity index (χ3v) is 4.38. The largest absolute Gasteiger partial charge is 0.322 e. The van der Waals surface area contributed by atoms with Crippen LogP contribution in [0.15, 0.2) is 60.8 Å². The van der Waals surface area contributed by atoms with Gasteiger partial charge in [-0.3, -0.25) is 14.6 Å². The predicted octanol–water partition coefficient (Wildman–Crippen LogP) is 4.51. The van der Waals surface area contributed by atoms with Gasteiger partial charge in [0, 0.05) is 23.1 Å². The van der Waals surface area contributed by atoms with Gasteiger partial charge in [-0.1, -0.05) is 24.3 Å². The molecule has 0 aliphatic carbocycles. The van der Waals surface area contributed by atoms with Crippen LogP contribution in [0.5, 0.6) is 0 Å². The van der Waals surface area contributed by atoms with Crippen molar-refractivity contribution < 1.29 is 9.59 Å². The fourth-order valence-corrected chi connectivity index (χ4v) is 2.69. The van der Waals surface area contributed by atoms with Gasteiger partial charge in [0.05, 0.1) is 0 Å². The fourth-order valence-electron chi connectivity index (χ4n) is 2.69. The van der Waals surface area contributed by atoms with Crippen LogP contribution >= 0.6 is 0 Å². The number of carbonyl (C=O) groups is 2. The molecule has 0 aliphatic heterocycles. The van der Waals surface area contributed by atoms with Gasteiger partial charge < -0.3 is 10.6 Å². The number of anilines is 2. The summed E-state index contributed by atoms with van der Waals surface area (Å²) in [6, 6.07) is 16.3. The van der Waals surface area contributed by atoms with Crippen LogP contribution in [-0.2, 0) is 0 Å². The van der Waals surface area contributed by atoms with Crippen LogP contribution in [0.25, 0.3) is 0 Å². The third-order valence-electron chi connectivity index (χ3n) is 4.38. The van der Waals surface area contributed by atoms with E-state index in [1.54, 1.807) is 6.07 Å². The second-order valence-electron chi connectivity index (χ2n) is 6.45. The number of rotatable bonds is 4. The molecule has 3 aromatic rings. The molecule has 2 N–H and O–H groups in total. The normalized spacial score (nSPS) is 10.3. The number of nitrogens with zero attached hydrogens (tertiary/aromatic N) is 1. The molecule has 27 heavy (non-hydrogen) atoms. The molecule has 0 radical (unpaired) electrons. The van der Waals surface area contributed by atoms with Crippen molar-refractivity contribution in [3.8, 4) is 0 Å². The van der Waals surface area contributed by atoms with Crippen molar-refractivity contribution in [3.63, 3.8) is 0 Å². The molecule has 0 unspecified atom stereocenters. The molecule has 5 nitrogen and oxygen atoms in total. The van der Waals surface area contributed by atoms with Gasteiger partial charge in [0.2, 0.25) is 0 Å². The molecule has 1 aromatic heterocycles. The monoisotopic (exact) mass is 359 g/mol. The Labute approximate surface area is 158 Å². The maximum Gasteiger partial charge on any atom is 0.274 e. The molecule has 3 rings (SSSR count). The van der Waals surface area contributed by atoms with Crippen LogP contribution in [0.2, 0.25) is 0 Å². The van der Waals surface area contributed by atoms with Crippen molar-refractivity contribution in [1.29, 1.82) is 0 Å². The van der Waals surface area contributed by atoms with Crippen LogP contribution in [-0.4, -0.2) is 16.8 Å². The molecule has 136 valence electrons. The number of nitrogens with one attached hydrogen (secondary N) is 2. The number of aryl methyl sites for hydroxylation is 2.